The van der Waals surface area contributed by atoms with E-state index in [0.717, 1.165) is 15.6 Å². The van der Waals surface area contributed by atoms with E-state index in [1.807, 2.05) is 32.0 Å². The lowest BCUT2D eigenvalue weighted by Crippen LogP contribution is -2.32. The Bertz CT molecular complexity index is 650. The molecule has 0 radical (unpaired) electrons. The first kappa shape index (κ1) is 15.6. The van der Waals surface area contributed by atoms with Crippen molar-refractivity contribution in [1.82, 2.24) is 20.2 Å². The standard InChI is InChI=1S/C14H17BrN4O2/c1-4-14(3,13(20)21)8-19-12(16-17-18-19)10-5-9(2)6-11(15)7-10/h5-7H,4,8H2,1-3H3,(H,20,21). The fourth-order valence-electron chi connectivity index (χ4n) is 2.04. The molecule has 2 aromatic rings. The minimum Gasteiger partial charge on any atom is -0.481 e. The van der Waals surface area contributed by atoms with Crippen molar-refractivity contribution in [1.29, 1.82) is 0 Å². The summed E-state index contributed by atoms with van der Waals surface area (Å²) >= 11 is 3.45. The van der Waals surface area contributed by atoms with E-state index < -0.39 is 11.4 Å². The van der Waals surface area contributed by atoms with Gasteiger partial charge in [0, 0.05) is 10.0 Å². The SMILES string of the molecule is CCC(C)(Cn1nnnc1-c1cc(C)cc(Br)c1)C(=O)O. The van der Waals surface area contributed by atoms with Crippen LogP contribution in [0.25, 0.3) is 11.4 Å². The number of nitrogens with zero attached hydrogens (tertiary/aromatic N) is 4. The van der Waals surface area contributed by atoms with Gasteiger partial charge in [-0.05, 0) is 54.5 Å². The van der Waals surface area contributed by atoms with Gasteiger partial charge in [0.25, 0.3) is 0 Å². The minimum atomic E-state index is -0.898. The third kappa shape index (κ3) is 3.29. The van der Waals surface area contributed by atoms with Crippen molar-refractivity contribution in [2.24, 2.45) is 5.41 Å². The molecule has 1 unspecified atom stereocenters. The predicted octanol–water partition coefficient (Wildman–Crippen LogP) is 2.91. The quantitative estimate of drug-likeness (QED) is 0.894. The highest BCUT2D eigenvalue weighted by Crippen LogP contribution is 2.27. The molecule has 0 spiro atoms. The van der Waals surface area contributed by atoms with Crippen molar-refractivity contribution >= 4 is 21.9 Å². The van der Waals surface area contributed by atoms with Crippen LogP contribution in [0.3, 0.4) is 0 Å². The lowest BCUT2D eigenvalue weighted by Gasteiger charge is -2.22. The lowest BCUT2D eigenvalue weighted by molar-refractivity contribution is -0.149. The van der Waals surface area contributed by atoms with Crippen LogP contribution < -0.4 is 0 Å². The number of tetrazole rings is 1. The monoisotopic (exact) mass is 352 g/mol. The number of benzene rings is 1. The van der Waals surface area contributed by atoms with Crippen LogP contribution in [0.1, 0.15) is 25.8 Å². The molecule has 6 nitrogen and oxygen atoms in total. The zero-order chi connectivity index (χ0) is 15.6. The van der Waals surface area contributed by atoms with Gasteiger partial charge in [-0.1, -0.05) is 22.9 Å². The molecule has 0 aliphatic rings. The van der Waals surface area contributed by atoms with E-state index >= 15 is 0 Å². The second-order valence-electron chi connectivity index (χ2n) is 5.40. The van der Waals surface area contributed by atoms with Gasteiger partial charge < -0.3 is 5.11 Å². The van der Waals surface area contributed by atoms with Crippen molar-refractivity contribution in [3.05, 3.63) is 28.2 Å². The molecular formula is C14H17BrN4O2. The number of aryl methyl sites for hydroxylation is 1. The second kappa shape index (κ2) is 5.93. The molecule has 0 bridgehead atoms. The fourth-order valence-corrected chi connectivity index (χ4v) is 2.65. The molecular weight excluding hydrogens is 336 g/mol. The summed E-state index contributed by atoms with van der Waals surface area (Å²) in [5.41, 5.74) is 1.03. The van der Waals surface area contributed by atoms with E-state index in [9.17, 15) is 9.90 Å². The third-order valence-electron chi connectivity index (χ3n) is 3.63. The Morgan fingerprint density at radius 1 is 1.43 bits per heavy atom. The van der Waals surface area contributed by atoms with Crippen LogP contribution in [0, 0.1) is 12.3 Å². The zero-order valence-electron chi connectivity index (χ0n) is 12.2. The average molecular weight is 353 g/mol. The molecule has 0 amide bonds. The maximum atomic E-state index is 11.4. The van der Waals surface area contributed by atoms with E-state index in [1.54, 1.807) is 11.6 Å². The van der Waals surface area contributed by atoms with Crippen LogP contribution in [0.15, 0.2) is 22.7 Å². The van der Waals surface area contributed by atoms with E-state index in [4.69, 9.17) is 0 Å². The molecule has 0 aliphatic heterocycles. The largest absolute Gasteiger partial charge is 0.481 e. The Morgan fingerprint density at radius 3 is 2.71 bits per heavy atom. The highest BCUT2D eigenvalue weighted by Gasteiger charge is 2.33. The topological polar surface area (TPSA) is 80.9 Å². The first-order valence-corrected chi connectivity index (χ1v) is 7.42. The number of hydrogen-bond donors (Lipinski definition) is 1. The Kier molecular flexibility index (Phi) is 4.41. The smallest absolute Gasteiger partial charge is 0.311 e. The predicted molar refractivity (Wildman–Crippen MR) is 81.7 cm³/mol. The number of carboxylic acids is 1. The molecule has 0 fully saturated rings. The van der Waals surface area contributed by atoms with Crippen molar-refractivity contribution in [3.63, 3.8) is 0 Å². The Balaban J connectivity index is 2.41. The van der Waals surface area contributed by atoms with Crippen molar-refractivity contribution in [2.75, 3.05) is 0 Å². The van der Waals surface area contributed by atoms with Crippen LogP contribution in [0.5, 0.6) is 0 Å². The summed E-state index contributed by atoms with van der Waals surface area (Å²) in [6, 6.07) is 5.88. The van der Waals surface area contributed by atoms with Crippen LogP contribution >= 0.6 is 15.9 Å². The molecule has 21 heavy (non-hydrogen) atoms. The molecule has 1 heterocycles. The summed E-state index contributed by atoms with van der Waals surface area (Å²) in [7, 11) is 0. The summed E-state index contributed by atoms with van der Waals surface area (Å²) in [4.78, 5) is 11.4. The molecule has 112 valence electrons. The first-order valence-electron chi connectivity index (χ1n) is 6.63. The van der Waals surface area contributed by atoms with E-state index in [1.165, 1.54) is 0 Å². The third-order valence-corrected chi connectivity index (χ3v) is 4.09. The summed E-state index contributed by atoms with van der Waals surface area (Å²) in [6.45, 7) is 5.76. The van der Waals surface area contributed by atoms with Crippen molar-refractivity contribution < 1.29 is 9.90 Å². The van der Waals surface area contributed by atoms with Gasteiger partial charge in [-0.2, -0.15) is 0 Å². The average Bonchev–Trinajstić information content (AvgIpc) is 2.85. The van der Waals surface area contributed by atoms with E-state index in [-0.39, 0.29) is 6.54 Å². The summed E-state index contributed by atoms with van der Waals surface area (Å²) < 4.78 is 2.49. The van der Waals surface area contributed by atoms with Crippen molar-refractivity contribution in [3.8, 4) is 11.4 Å². The van der Waals surface area contributed by atoms with Crippen LogP contribution in [0.4, 0.5) is 0 Å². The summed E-state index contributed by atoms with van der Waals surface area (Å²) in [5.74, 6) is -0.280. The first-order chi connectivity index (χ1) is 9.85. The van der Waals surface area contributed by atoms with Gasteiger partial charge in [0.1, 0.15) is 0 Å². The number of aromatic nitrogens is 4. The van der Waals surface area contributed by atoms with Gasteiger partial charge in [0.05, 0.1) is 12.0 Å². The van der Waals surface area contributed by atoms with Gasteiger partial charge in [0.2, 0.25) is 0 Å². The number of halogens is 1. The Labute approximate surface area is 131 Å². The zero-order valence-corrected chi connectivity index (χ0v) is 13.8. The molecule has 1 aromatic carbocycles. The molecule has 1 aromatic heterocycles. The molecule has 0 saturated carbocycles. The number of rotatable bonds is 5. The number of hydrogen-bond acceptors (Lipinski definition) is 4. The number of carboxylic acid groups (broad SMARTS) is 1. The van der Waals surface area contributed by atoms with Crippen LogP contribution in [0.2, 0.25) is 0 Å². The maximum absolute atomic E-state index is 11.4. The van der Waals surface area contributed by atoms with Gasteiger partial charge >= 0.3 is 5.97 Å². The molecule has 7 heteroatoms. The normalized spacial score (nSPS) is 13.9. The summed E-state index contributed by atoms with van der Waals surface area (Å²) in [6.07, 6.45) is 0.499. The molecule has 0 aliphatic carbocycles. The molecule has 0 saturated heterocycles. The Hall–Kier alpha value is -1.76. The molecule has 1 atom stereocenters. The fraction of sp³-hybridized carbons (Fsp3) is 0.429. The highest BCUT2D eigenvalue weighted by molar-refractivity contribution is 9.10. The van der Waals surface area contributed by atoms with Gasteiger partial charge in [-0.25, -0.2) is 4.68 Å². The number of carbonyl (C=O) groups is 1. The molecule has 1 N–H and O–H groups in total. The van der Waals surface area contributed by atoms with Crippen LogP contribution in [-0.4, -0.2) is 31.3 Å². The minimum absolute atomic E-state index is 0.229. The number of aliphatic carboxylic acids is 1. The van der Waals surface area contributed by atoms with Gasteiger partial charge in [-0.3, -0.25) is 4.79 Å². The second-order valence-corrected chi connectivity index (χ2v) is 6.31. The summed E-state index contributed by atoms with van der Waals surface area (Å²) in [5, 5.41) is 21.1. The Morgan fingerprint density at radius 2 is 2.14 bits per heavy atom. The van der Waals surface area contributed by atoms with E-state index in [0.29, 0.717) is 12.2 Å². The maximum Gasteiger partial charge on any atom is 0.311 e. The lowest BCUT2D eigenvalue weighted by atomic mass is 9.88. The van der Waals surface area contributed by atoms with Crippen LogP contribution in [-0.2, 0) is 11.3 Å². The van der Waals surface area contributed by atoms with Gasteiger partial charge in [-0.15, -0.1) is 5.10 Å². The van der Waals surface area contributed by atoms with Crippen molar-refractivity contribution in [2.45, 2.75) is 33.7 Å². The highest BCUT2D eigenvalue weighted by atomic mass is 79.9. The molecule has 2 rings (SSSR count). The van der Waals surface area contributed by atoms with Gasteiger partial charge in [0.15, 0.2) is 5.82 Å². The van der Waals surface area contributed by atoms with E-state index in [2.05, 4.69) is 31.5 Å².